The molecule has 1 atom stereocenters. The molecular weight excluding hydrogens is 378 g/mol. The zero-order chi connectivity index (χ0) is 20.3. The van der Waals surface area contributed by atoms with Crippen LogP contribution in [0, 0.1) is 0 Å². The topological polar surface area (TPSA) is 82.5 Å². The Morgan fingerprint density at radius 1 is 1.07 bits per heavy atom. The second-order valence-electron chi connectivity index (χ2n) is 8.70. The molecule has 3 heterocycles. The number of aromatic nitrogens is 2. The van der Waals surface area contributed by atoms with Crippen molar-refractivity contribution in [3.05, 3.63) is 35.9 Å². The highest BCUT2D eigenvalue weighted by Crippen LogP contribution is 2.34. The molecule has 30 heavy (non-hydrogen) atoms. The van der Waals surface area contributed by atoms with Crippen LogP contribution in [0.25, 0.3) is 11.4 Å². The number of nitrogens with one attached hydrogen (secondary N) is 2. The van der Waals surface area contributed by atoms with Gasteiger partial charge in [0.25, 0.3) is 0 Å². The van der Waals surface area contributed by atoms with Crippen LogP contribution >= 0.6 is 0 Å². The van der Waals surface area contributed by atoms with E-state index in [-0.39, 0.29) is 6.10 Å². The van der Waals surface area contributed by atoms with Crippen molar-refractivity contribution in [2.75, 3.05) is 43.5 Å². The van der Waals surface area contributed by atoms with E-state index in [1.54, 1.807) is 0 Å². The Labute approximate surface area is 177 Å². The number of rotatable bonds is 5. The number of fused-ring (bicyclic) bond motifs is 1. The Morgan fingerprint density at radius 3 is 2.60 bits per heavy atom. The van der Waals surface area contributed by atoms with Crippen molar-refractivity contribution in [3.8, 4) is 11.4 Å². The largest absolute Gasteiger partial charge is 0.393 e. The van der Waals surface area contributed by atoms with Gasteiger partial charge in [-0.25, -0.2) is 9.97 Å². The van der Waals surface area contributed by atoms with E-state index in [1.165, 1.54) is 5.56 Å². The number of hydrogen-bond donors (Lipinski definition) is 3. The van der Waals surface area contributed by atoms with E-state index >= 15 is 0 Å². The van der Waals surface area contributed by atoms with Gasteiger partial charge in [0.1, 0.15) is 11.6 Å². The molecule has 0 bridgehead atoms. The molecule has 2 aliphatic heterocycles. The fraction of sp³-hybridized carbons (Fsp3) is 0.565. The third kappa shape index (κ3) is 4.43. The standard InChI is InChI=1S/C23H31N5O2/c29-19-8-6-17(7-9-19)24-22-20-14-18(15-28-10-12-30-13-11-28)25-23(20)27-21(26-22)16-4-2-1-3-5-16/h1-5,17-19,29H,6-15H2,(H2,24,25,26,27)/t17-,18?,19-. The van der Waals surface area contributed by atoms with E-state index in [0.29, 0.717) is 12.1 Å². The fourth-order valence-corrected chi connectivity index (χ4v) is 4.74. The first-order chi connectivity index (χ1) is 14.7. The Hall–Kier alpha value is -2.22. The Morgan fingerprint density at radius 2 is 1.83 bits per heavy atom. The maximum Gasteiger partial charge on any atom is 0.163 e. The highest BCUT2D eigenvalue weighted by molar-refractivity contribution is 5.68. The van der Waals surface area contributed by atoms with Crippen LogP contribution in [0.2, 0.25) is 0 Å². The van der Waals surface area contributed by atoms with Gasteiger partial charge in [-0.3, -0.25) is 4.90 Å². The van der Waals surface area contributed by atoms with Gasteiger partial charge in [-0.2, -0.15) is 0 Å². The van der Waals surface area contributed by atoms with E-state index in [2.05, 4.69) is 27.7 Å². The van der Waals surface area contributed by atoms with Crippen LogP contribution in [0.4, 0.5) is 11.6 Å². The summed E-state index contributed by atoms with van der Waals surface area (Å²) in [5.74, 6) is 2.67. The molecule has 0 radical (unpaired) electrons. The van der Waals surface area contributed by atoms with Crippen LogP contribution in [-0.2, 0) is 11.2 Å². The SMILES string of the molecule is O[C@H]1CC[C@H](Nc2nc(-c3ccccc3)nc3c2CC(CN2CCOCC2)N3)CC1. The van der Waals surface area contributed by atoms with Crippen LogP contribution in [0.5, 0.6) is 0 Å². The first-order valence-electron chi connectivity index (χ1n) is 11.2. The van der Waals surface area contributed by atoms with Crippen LogP contribution in [-0.4, -0.2) is 71.0 Å². The third-order valence-corrected chi connectivity index (χ3v) is 6.45. The van der Waals surface area contributed by atoms with E-state index in [1.807, 2.05) is 18.2 Å². The number of aliphatic hydroxyl groups excluding tert-OH is 1. The molecule has 3 N–H and O–H groups in total. The lowest BCUT2D eigenvalue weighted by Gasteiger charge is -2.29. The van der Waals surface area contributed by atoms with Gasteiger partial charge in [0, 0.05) is 49.3 Å². The number of anilines is 2. The summed E-state index contributed by atoms with van der Waals surface area (Å²) < 4.78 is 5.49. The van der Waals surface area contributed by atoms with E-state index < -0.39 is 0 Å². The first-order valence-corrected chi connectivity index (χ1v) is 11.2. The molecule has 0 amide bonds. The molecule has 2 fully saturated rings. The first kappa shape index (κ1) is 19.7. The highest BCUT2D eigenvalue weighted by Gasteiger charge is 2.30. The van der Waals surface area contributed by atoms with Crippen LogP contribution < -0.4 is 10.6 Å². The summed E-state index contributed by atoms with van der Waals surface area (Å²) in [6, 6.07) is 10.9. The molecule has 1 aliphatic carbocycles. The second kappa shape index (κ2) is 8.88. The molecule has 2 aromatic rings. The second-order valence-corrected chi connectivity index (χ2v) is 8.70. The van der Waals surface area contributed by atoms with Crippen molar-refractivity contribution in [1.29, 1.82) is 0 Å². The third-order valence-electron chi connectivity index (χ3n) is 6.45. The zero-order valence-electron chi connectivity index (χ0n) is 17.4. The van der Waals surface area contributed by atoms with Crippen molar-refractivity contribution in [2.45, 2.75) is 50.3 Å². The fourth-order valence-electron chi connectivity index (χ4n) is 4.74. The summed E-state index contributed by atoms with van der Waals surface area (Å²) in [4.78, 5) is 12.3. The summed E-state index contributed by atoms with van der Waals surface area (Å²) in [6.07, 6.45) is 4.44. The summed E-state index contributed by atoms with van der Waals surface area (Å²) in [5.41, 5.74) is 2.22. The van der Waals surface area contributed by atoms with Gasteiger partial charge in [0.15, 0.2) is 5.82 Å². The average molecular weight is 410 g/mol. The lowest BCUT2D eigenvalue weighted by Crippen LogP contribution is -2.42. The number of nitrogens with zero attached hydrogens (tertiary/aromatic N) is 3. The minimum Gasteiger partial charge on any atom is -0.393 e. The maximum absolute atomic E-state index is 9.85. The van der Waals surface area contributed by atoms with Crippen LogP contribution in [0.3, 0.4) is 0 Å². The van der Waals surface area contributed by atoms with Gasteiger partial charge < -0.3 is 20.5 Å². The molecule has 1 aromatic carbocycles. The molecule has 7 heteroatoms. The van der Waals surface area contributed by atoms with Crippen molar-refractivity contribution in [3.63, 3.8) is 0 Å². The summed E-state index contributed by atoms with van der Waals surface area (Å²) in [7, 11) is 0. The minimum atomic E-state index is -0.154. The monoisotopic (exact) mass is 409 g/mol. The van der Waals surface area contributed by atoms with E-state index in [0.717, 1.165) is 88.0 Å². The molecule has 1 unspecified atom stereocenters. The predicted molar refractivity (Wildman–Crippen MR) is 118 cm³/mol. The van der Waals surface area contributed by atoms with Gasteiger partial charge in [-0.15, -0.1) is 0 Å². The summed E-state index contributed by atoms with van der Waals surface area (Å²) in [6.45, 7) is 4.61. The Balaban J connectivity index is 1.39. The molecule has 7 nitrogen and oxygen atoms in total. The minimum absolute atomic E-state index is 0.154. The number of morpholine rings is 1. The Kier molecular flexibility index (Phi) is 5.84. The molecule has 5 rings (SSSR count). The molecule has 160 valence electrons. The van der Waals surface area contributed by atoms with Crippen molar-refractivity contribution < 1.29 is 9.84 Å². The smallest absolute Gasteiger partial charge is 0.163 e. The lowest BCUT2D eigenvalue weighted by atomic mass is 9.93. The average Bonchev–Trinajstić information content (AvgIpc) is 3.19. The van der Waals surface area contributed by atoms with Gasteiger partial charge >= 0.3 is 0 Å². The van der Waals surface area contributed by atoms with E-state index in [9.17, 15) is 5.11 Å². The zero-order valence-corrected chi connectivity index (χ0v) is 17.4. The number of hydrogen-bond acceptors (Lipinski definition) is 7. The van der Waals surface area contributed by atoms with Crippen LogP contribution in [0.1, 0.15) is 31.2 Å². The molecule has 1 aromatic heterocycles. The van der Waals surface area contributed by atoms with Gasteiger partial charge in [0.2, 0.25) is 0 Å². The van der Waals surface area contributed by atoms with Gasteiger partial charge in [-0.1, -0.05) is 30.3 Å². The van der Waals surface area contributed by atoms with Gasteiger partial charge in [0.05, 0.1) is 19.3 Å². The highest BCUT2D eigenvalue weighted by atomic mass is 16.5. The normalized spacial score (nSPS) is 26.8. The number of aliphatic hydroxyl groups is 1. The maximum atomic E-state index is 9.85. The lowest BCUT2D eigenvalue weighted by molar-refractivity contribution is 0.0364. The summed E-state index contributed by atoms with van der Waals surface area (Å²) in [5, 5.41) is 17.2. The molecule has 3 aliphatic rings. The molecule has 1 saturated heterocycles. The summed E-state index contributed by atoms with van der Waals surface area (Å²) >= 11 is 0. The molecular formula is C23H31N5O2. The van der Waals surface area contributed by atoms with Crippen molar-refractivity contribution >= 4 is 11.6 Å². The van der Waals surface area contributed by atoms with E-state index in [4.69, 9.17) is 14.7 Å². The predicted octanol–water partition coefficient (Wildman–Crippen LogP) is 2.53. The Bertz CT molecular complexity index is 848. The number of ether oxygens (including phenoxy) is 1. The molecule has 1 saturated carbocycles. The van der Waals surface area contributed by atoms with Crippen molar-refractivity contribution in [2.24, 2.45) is 0 Å². The van der Waals surface area contributed by atoms with Crippen molar-refractivity contribution in [1.82, 2.24) is 14.9 Å². The molecule has 0 spiro atoms. The number of benzene rings is 1. The van der Waals surface area contributed by atoms with Gasteiger partial charge in [-0.05, 0) is 25.7 Å². The van der Waals surface area contributed by atoms with Crippen LogP contribution in [0.15, 0.2) is 30.3 Å². The quantitative estimate of drug-likeness (QED) is 0.700.